The molecule has 294 valence electrons. The number of benzene rings is 2. The summed E-state index contributed by atoms with van der Waals surface area (Å²) in [6, 6.07) is 18.8. The second-order valence-corrected chi connectivity index (χ2v) is 19.3. The summed E-state index contributed by atoms with van der Waals surface area (Å²) in [5, 5.41) is 0. The molecule has 2 aromatic carbocycles. The molecule has 6 heterocycles. The normalized spacial score (nSPS) is 16.1. The topological polar surface area (TPSA) is 14.2 Å². The summed E-state index contributed by atoms with van der Waals surface area (Å²) in [4.78, 5) is 5.25. The quantitative estimate of drug-likeness (QED) is 0.0534. The van der Waals surface area contributed by atoms with Crippen molar-refractivity contribution in [3.05, 3.63) is 118 Å². The molecule has 4 aliphatic rings. The summed E-state index contributed by atoms with van der Waals surface area (Å²) in [7, 11) is 4.18. The Morgan fingerprint density at radius 2 is 0.768 bits per heavy atom. The zero-order chi connectivity index (χ0) is 37.8. The molecule has 0 amide bonds. The summed E-state index contributed by atoms with van der Waals surface area (Å²) in [6.45, 7) is 7.20. The molecule has 0 saturated carbocycles. The Morgan fingerprint density at radius 1 is 0.429 bits per heavy atom. The van der Waals surface area contributed by atoms with Crippen LogP contribution in [0.4, 0.5) is 11.4 Å². The minimum Gasteiger partial charge on any atom is -0.371 e. The monoisotopic (exact) mass is 784 g/mol. The molecule has 56 heavy (non-hydrogen) atoms. The van der Waals surface area contributed by atoms with Crippen molar-refractivity contribution < 1.29 is 9.13 Å². The maximum absolute atomic E-state index is 2.63. The molecule has 0 unspecified atom stereocenters. The van der Waals surface area contributed by atoms with Crippen LogP contribution in [0.15, 0.2) is 73.3 Å². The van der Waals surface area contributed by atoms with Crippen LogP contribution in [0.2, 0.25) is 0 Å². The molecule has 4 nitrogen and oxygen atoms in total. The third kappa shape index (κ3) is 10.7. The minimum atomic E-state index is 1.12. The van der Waals surface area contributed by atoms with E-state index in [-0.39, 0.29) is 0 Å². The van der Waals surface area contributed by atoms with Gasteiger partial charge in [0.15, 0.2) is 24.8 Å². The lowest BCUT2D eigenvalue weighted by Crippen LogP contribution is -2.34. The largest absolute Gasteiger partial charge is 0.371 e. The molecule has 0 atom stereocenters. The first-order valence-corrected chi connectivity index (χ1v) is 24.6. The van der Waals surface area contributed by atoms with Crippen molar-refractivity contribution in [1.82, 2.24) is 0 Å². The van der Waals surface area contributed by atoms with Gasteiger partial charge in [0, 0.05) is 86.2 Å². The first-order chi connectivity index (χ1) is 27.7. The molecule has 0 saturated heterocycles. The van der Waals surface area contributed by atoms with Gasteiger partial charge in [-0.2, -0.15) is 0 Å². The summed E-state index contributed by atoms with van der Waals surface area (Å²) in [6.07, 6.45) is 38.9. The predicted molar refractivity (Wildman–Crippen MR) is 244 cm³/mol. The molecule has 0 aliphatic carbocycles. The van der Waals surface area contributed by atoms with Crippen molar-refractivity contribution in [3.8, 4) is 0 Å². The molecule has 0 radical (unpaired) electrons. The number of nitrogens with zero attached hydrogens (tertiary/aromatic N) is 4. The predicted octanol–water partition coefficient (Wildman–Crippen LogP) is 11.2. The highest BCUT2D eigenvalue weighted by Crippen LogP contribution is 2.38. The third-order valence-electron chi connectivity index (χ3n) is 12.4. The lowest BCUT2D eigenvalue weighted by atomic mass is 9.90. The average molecular weight is 785 g/mol. The van der Waals surface area contributed by atoms with Gasteiger partial charge in [0.25, 0.3) is 0 Å². The number of hydrogen-bond donors (Lipinski definition) is 0. The van der Waals surface area contributed by atoms with Gasteiger partial charge in [-0.05, 0) is 146 Å². The fourth-order valence-electron chi connectivity index (χ4n) is 9.43. The van der Waals surface area contributed by atoms with Crippen molar-refractivity contribution in [2.45, 2.75) is 116 Å². The highest BCUT2D eigenvalue weighted by Gasteiger charge is 2.25. The summed E-state index contributed by atoms with van der Waals surface area (Å²) >= 11 is 0. The zero-order valence-corrected chi connectivity index (χ0v) is 35.4. The number of aryl methyl sites for hydroxylation is 6. The lowest BCUT2D eigenvalue weighted by Gasteiger charge is -2.37. The molecular formula is C50H64N4S2+2. The van der Waals surface area contributed by atoms with Gasteiger partial charge in [-0.1, -0.05) is 58.7 Å². The smallest absolute Gasteiger partial charge is 0.169 e. The van der Waals surface area contributed by atoms with E-state index in [4.69, 9.17) is 0 Å². The molecule has 0 fully saturated rings. The average Bonchev–Trinajstić information content (AvgIpc) is 3.23. The van der Waals surface area contributed by atoms with E-state index in [1.807, 2.05) is 0 Å². The lowest BCUT2D eigenvalue weighted by molar-refractivity contribution is -0.697. The first-order valence-electron chi connectivity index (χ1n) is 22.2. The van der Waals surface area contributed by atoms with Gasteiger partial charge in [0.1, 0.15) is 13.1 Å². The highest BCUT2D eigenvalue weighted by atomic mass is 33.1. The van der Waals surface area contributed by atoms with E-state index in [0.717, 1.165) is 13.1 Å². The van der Waals surface area contributed by atoms with Crippen molar-refractivity contribution >= 4 is 57.3 Å². The van der Waals surface area contributed by atoms with Crippen molar-refractivity contribution in [1.29, 1.82) is 0 Å². The van der Waals surface area contributed by atoms with Crippen molar-refractivity contribution in [2.24, 2.45) is 0 Å². The number of unbranched alkanes of at least 4 members (excludes halogenated alkanes) is 6. The molecular weight excluding hydrogens is 721 g/mol. The van der Waals surface area contributed by atoms with Crippen LogP contribution in [-0.2, 0) is 38.8 Å². The van der Waals surface area contributed by atoms with Crippen molar-refractivity contribution in [2.75, 3.05) is 47.5 Å². The molecule has 8 rings (SSSR count). The Bertz CT molecular complexity index is 1730. The Labute approximate surface area is 345 Å². The fourth-order valence-corrected chi connectivity index (χ4v) is 11.7. The SMILES string of the molecule is C(=Cc1cc2c3c(c1)CCCN3CCC2)c1cc[n+](CCCCCCSSCCCCCC[n+]2ccc(C=Cc3cc4c5c(c3)CCCN5CCC4)cc2)cc1. The molecule has 0 spiro atoms. The van der Waals surface area contributed by atoms with Gasteiger partial charge in [-0.3, -0.25) is 0 Å². The number of rotatable bonds is 19. The standard InChI is InChI=1S/C50H64N4S2/c1(5-25-51-31-21-41(22-32-51)17-19-43-37-45-13-9-27-53-28-10-14-46(38-43)49(45)53)3-7-35-55-56-36-8-4-2-6-26-52-33-23-42(24-34-52)18-20-44-39-47-15-11-29-54-30-12-16-48(40-44)50(47)54/h17-24,31-34,37-40H,1-16,25-30,35-36H2/q+2. The minimum absolute atomic E-state index is 1.12. The van der Waals surface area contributed by atoms with Crippen LogP contribution in [0.5, 0.6) is 0 Å². The van der Waals surface area contributed by atoms with E-state index >= 15 is 0 Å². The second kappa shape index (κ2) is 20.3. The van der Waals surface area contributed by atoms with Crippen LogP contribution in [0, 0.1) is 0 Å². The fraction of sp³-hybridized carbons (Fsp3) is 0.480. The van der Waals surface area contributed by atoms with E-state index in [9.17, 15) is 0 Å². The van der Waals surface area contributed by atoms with Gasteiger partial charge in [0.2, 0.25) is 0 Å². The van der Waals surface area contributed by atoms with Gasteiger partial charge in [0.05, 0.1) is 0 Å². The van der Waals surface area contributed by atoms with Gasteiger partial charge in [-0.15, -0.1) is 0 Å². The summed E-state index contributed by atoms with van der Waals surface area (Å²) in [5.74, 6) is 2.58. The van der Waals surface area contributed by atoms with E-state index in [1.54, 1.807) is 33.6 Å². The van der Waals surface area contributed by atoms with E-state index < -0.39 is 0 Å². The number of hydrogen-bond acceptors (Lipinski definition) is 4. The van der Waals surface area contributed by atoms with E-state index in [0.29, 0.717) is 0 Å². The number of aromatic nitrogens is 2. The summed E-state index contributed by atoms with van der Waals surface area (Å²) in [5.41, 5.74) is 14.7. The van der Waals surface area contributed by atoms with Gasteiger partial charge >= 0.3 is 0 Å². The van der Waals surface area contributed by atoms with Crippen LogP contribution < -0.4 is 18.9 Å². The van der Waals surface area contributed by atoms with Crippen molar-refractivity contribution in [3.63, 3.8) is 0 Å². The second-order valence-electron chi connectivity index (χ2n) is 16.6. The molecule has 0 bridgehead atoms. The molecule has 4 aromatic rings. The van der Waals surface area contributed by atoms with E-state index in [1.165, 1.54) is 163 Å². The maximum atomic E-state index is 2.63. The molecule has 2 aromatic heterocycles. The van der Waals surface area contributed by atoms with Crippen LogP contribution in [0.25, 0.3) is 24.3 Å². The van der Waals surface area contributed by atoms with Gasteiger partial charge < -0.3 is 9.80 Å². The molecule has 6 heteroatoms. The van der Waals surface area contributed by atoms with Crippen LogP contribution in [0.3, 0.4) is 0 Å². The van der Waals surface area contributed by atoms with Crippen LogP contribution in [0.1, 0.15) is 122 Å². The van der Waals surface area contributed by atoms with Crippen LogP contribution in [-0.4, -0.2) is 37.7 Å². The van der Waals surface area contributed by atoms with E-state index in [2.05, 4.69) is 138 Å². The zero-order valence-electron chi connectivity index (χ0n) is 33.8. The summed E-state index contributed by atoms with van der Waals surface area (Å²) < 4.78 is 4.71. The Kier molecular flexibility index (Phi) is 14.3. The highest BCUT2D eigenvalue weighted by molar-refractivity contribution is 8.76. The maximum Gasteiger partial charge on any atom is 0.169 e. The Morgan fingerprint density at radius 3 is 1.14 bits per heavy atom. The first kappa shape index (κ1) is 39.4. The van der Waals surface area contributed by atoms with Crippen LogP contribution >= 0.6 is 21.6 Å². The van der Waals surface area contributed by atoms with Gasteiger partial charge in [-0.25, -0.2) is 9.13 Å². The Hall–Kier alpha value is -3.48. The number of anilines is 2. The molecule has 4 aliphatic heterocycles. The third-order valence-corrected chi connectivity index (χ3v) is 14.9. The number of pyridine rings is 2. The molecule has 0 N–H and O–H groups in total. The Balaban J connectivity index is 0.631.